The van der Waals surface area contributed by atoms with E-state index in [0.717, 1.165) is 57.8 Å². The Labute approximate surface area is 352 Å². The molecule has 0 aliphatic rings. The summed E-state index contributed by atoms with van der Waals surface area (Å²) in [6, 6.07) is 0. The van der Waals surface area contributed by atoms with Crippen LogP contribution in [0.2, 0.25) is 0 Å². The van der Waals surface area contributed by atoms with E-state index in [1.807, 2.05) is 0 Å². The topological polar surface area (TPSA) is 108 Å². The third-order valence-corrected chi connectivity index (χ3v) is 11.6. The van der Waals surface area contributed by atoms with E-state index in [0.29, 0.717) is 12.8 Å². The van der Waals surface area contributed by atoms with Gasteiger partial charge < -0.3 is 14.4 Å². The van der Waals surface area contributed by atoms with Crippen molar-refractivity contribution >= 4 is 19.8 Å². The molecule has 0 amide bonds. The first-order valence-corrected chi connectivity index (χ1v) is 25.6. The van der Waals surface area contributed by atoms with E-state index < -0.39 is 26.5 Å². The van der Waals surface area contributed by atoms with Crippen LogP contribution in [0.3, 0.4) is 0 Å². The van der Waals surface area contributed by atoms with Gasteiger partial charge in [-0.05, 0) is 51.9 Å². The van der Waals surface area contributed by atoms with Crippen molar-refractivity contribution in [3.05, 3.63) is 24.3 Å². The van der Waals surface area contributed by atoms with Crippen molar-refractivity contribution in [2.75, 3.05) is 19.8 Å². The van der Waals surface area contributed by atoms with Crippen LogP contribution >= 0.6 is 7.82 Å². The highest BCUT2D eigenvalue weighted by molar-refractivity contribution is 7.47. The Kier molecular flexibility index (Phi) is 43.0. The molecule has 336 valence electrons. The molecule has 0 heterocycles. The Balaban J connectivity index is 3.96. The summed E-state index contributed by atoms with van der Waals surface area (Å²) >= 11 is 0. The van der Waals surface area contributed by atoms with Crippen LogP contribution in [0.1, 0.15) is 245 Å². The first kappa shape index (κ1) is 55.5. The van der Waals surface area contributed by atoms with Crippen molar-refractivity contribution in [2.45, 2.75) is 252 Å². The van der Waals surface area contributed by atoms with Crippen molar-refractivity contribution in [2.24, 2.45) is 0 Å². The second-order valence-corrected chi connectivity index (χ2v) is 17.6. The number of esters is 2. The number of allylic oxidation sites excluding steroid dienone is 4. The van der Waals surface area contributed by atoms with Gasteiger partial charge in [-0.25, -0.2) is 4.57 Å². The molecule has 0 aromatic heterocycles. The number of phosphoric ester groups is 1. The van der Waals surface area contributed by atoms with E-state index in [2.05, 4.69) is 38.2 Å². The molecule has 0 saturated carbocycles. The number of hydrogen-bond donors (Lipinski definition) is 1. The molecule has 0 aromatic rings. The van der Waals surface area contributed by atoms with E-state index in [4.69, 9.17) is 18.5 Å². The van der Waals surface area contributed by atoms with Crippen LogP contribution in [0.25, 0.3) is 0 Å². The largest absolute Gasteiger partial charge is 0.472 e. The normalized spacial score (nSPS) is 13.4. The molecule has 0 saturated heterocycles. The van der Waals surface area contributed by atoms with E-state index in [1.54, 1.807) is 6.92 Å². The summed E-state index contributed by atoms with van der Waals surface area (Å²) in [5.74, 6) is -0.802. The lowest BCUT2D eigenvalue weighted by atomic mass is 10.0. The van der Waals surface area contributed by atoms with Gasteiger partial charge in [-0.1, -0.05) is 205 Å². The fourth-order valence-electron chi connectivity index (χ4n) is 6.96. The zero-order valence-corrected chi connectivity index (χ0v) is 38.4. The summed E-state index contributed by atoms with van der Waals surface area (Å²) < 4.78 is 32.7. The van der Waals surface area contributed by atoms with Gasteiger partial charge in [-0.2, -0.15) is 0 Å². The summed E-state index contributed by atoms with van der Waals surface area (Å²) in [5, 5.41) is 0. The van der Waals surface area contributed by atoms with Crippen LogP contribution in [0.4, 0.5) is 0 Å². The van der Waals surface area contributed by atoms with Crippen molar-refractivity contribution in [3.63, 3.8) is 0 Å². The Morgan fingerprint density at radius 2 is 0.842 bits per heavy atom. The van der Waals surface area contributed by atoms with E-state index >= 15 is 0 Å². The second kappa shape index (κ2) is 44.1. The fraction of sp³-hybridized carbons (Fsp3) is 0.875. The summed E-state index contributed by atoms with van der Waals surface area (Å²) in [6.07, 6.45) is 49.5. The Hall–Kier alpha value is -1.47. The minimum Gasteiger partial charge on any atom is -0.462 e. The lowest BCUT2D eigenvalue weighted by molar-refractivity contribution is -0.161. The van der Waals surface area contributed by atoms with E-state index in [1.165, 1.54) is 148 Å². The molecule has 0 rings (SSSR count). The van der Waals surface area contributed by atoms with Crippen molar-refractivity contribution in [3.8, 4) is 0 Å². The zero-order chi connectivity index (χ0) is 41.8. The lowest BCUT2D eigenvalue weighted by Gasteiger charge is -2.19. The van der Waals surface area contributed by atoms with Crippen molar-refractivity contribution in [1.82, 2.24) is 0 Å². The summed E-state index contributed by atoms with van der Waals surface area (Å²) in [7, 11) is -4.28. The Bertz CT molecular complexity index is 983. The predicted molar refractivity (Wildman–Crippen MR) is 239 cm³/mol. The van der Waals surface area contributed by atoms with Crippen molar-refractivity contribution < 1.29 is 37.6 Å². The number of unbranched alkanes of at least 4 members (excludes halogenated alkanes) is 29. The molecular weight excluding hydrogens is 735 g/mol. The average molecular weight is 827 g/mol. The number of phosphoric acid groups is 1. The third-order valence-electron chi connectivity index (χ3n) is 10.5. The monoisotopic (exact) mass is 827 g/mol. The quantitative estimate of drug-likeness (QED) is 0.0280. The number of hydrogen-bond acceptors (Lipinski definition) is 7. The molecule has 0 aliphatic heterocycles. The highest BCUT2D eigenvalue weighted by Gasteiger charge is 2.25. The molecular formula is C48H91O8P. The molecule has 0 bridgehead atoms. The van der Waals surface area contributed by atoms with Gasteiger partial charge in [0.2, 0.25) is 0 Å². The summed E-state index contributed by atoms with van der Waals surface area (Å²) in [4.78, 5) is 34.8. The molecule has 2 unspecified atom stereocenters. The lowest BCUT2D eigenvalue weighted by Crippen LogP contribution is -2.29. The molecule has 0 radical (unpaired) electrons. The second-order valence-electron chi connectivity index (χ2n) is 16.1. The van der Waals surface area contributed by atoms with Gasteiger partial charge in [0, 0.05) is 12.8 Å². The smallest absolute Gasteiger partial charge is 0.462 e. The van der Waals surface area contributed by atoms with Crippen molar-refractivity contribution in [1.29, 1.82) is 0 Å². The van der Waals surface area contributed by atoms with Crippen LogP contribution < -0.4 is 0 Å². The Morgan fingerprint density at radius 3 is 1.28 bits per heavy atom. The van der Waals surface area contributed by atoms with Crippen LogP contribution in [-0.4, -0.2) is 42.8 Å². The maximum atomic E-state index is 12.6. The predicted octanol–water partition coefficient (Wildman–Crippen LogP) is 15.4. The molecule has 0 spiro atoms. The van der Waals surface area contributed by atoms with Gasteiger partial charge in [0.25, 0.3) is 0 Å². The summed E-state index contributed by atoms with van der Waals surface area (Å²) in [5.41, 5.74) is 0. The minimum absolute atomic E-state index is 0.000417. The van der Waals surface area contributed by atoms with E-state index in [-0.39, 0.29) is 25.6 Å². The molecule has 1 N–H and O–H groups in total. The minimum atomic E-state index is -4.28. The highest BCUT2D eigenvalue weighted by atomic mass is 31.2. The number of carbonyl (C=O) groups is 2. The standard InChI is InChI=1S/C48H91O8P/c1-4-7-9-11-13-15-17-19-21-22-23-24-25-26-27-29-30-32-34-36-38-40-42-47(49)53-44-46(45-55-57(51,52)54-6-3)56-48(50)43-41-39-37-35-33-31-28-20-18-16-14-12-10-8-5-2/h14,16,20,28,46H,4-13,15,17-19,21-27,29-45H2,1-3H3,(H,51,52)/b16-14-,28-20-. The molecule has 0 fully saturated rings. The average Bonchev–Trinajstić information content (AvgIpc) is 3.19. The molecule has 0 aliphatic carbocycles. The first-order valence-electron chi connectivity index (χ1n) is 24.1. The number of carbonyl (C=O) groups excluding carboxylic acids is 2. The SMILES string of the molecule is CCCCC/C=C\C/C=C\CCCCCCCC(=O)OC(COC(=O)CCCCCCCCCCCCCCCCCCCCCCCC)COP(=O)(O)OCC. The Morgan fingerprint density at radius 1 is 0.474 bits per heavy atom. The third kappa shape index (κ3) is 43.9. The van der Waals surface area contributed by atoms with Crippen LogP contribution in [0, 0.1) is 0 Å². The molecule has 2 atom stereocenters. The van der Waals surface area contributed by atoms with Crippen LogP contribution in [0.5, 0.6) is 0 Å². The van der Waals surface area contributed by atoms with Gasteiger partial charge >= 0.3 is 19.8 Å². The number of ether oxygens (including phenoxy) is 2. The molecule has 8 nitrogen and oxygen atoms in total. The summed E-state index contributed by atoms with van der Waals surface area (Å²) in [6.45, 7) is 5.47. The molecule has 57 heavy (non-hydrogen) atoms. The van der Waals surface area contributed by atoms with Gasteiger partial charge in [0.15, 0.2) is 6.10 Å². The fourth-order valence-corrected chi connectivity index (χ4v) is 7.71. The van der Waals surface area contributed by atoms with Crippen LogP contribution in [0.15, 0.2) is 24.3 Å². The maximum absolute atomic E-state index is 12.6. The van der Waals surface area contributed by atoms with E-state index in [9.17, 15) is 19.0 Å². The zero-order valence-electron chi connectivity index (χ0n) is 37.5. The first-order chi connectivity index (χ1) is 27.8. The molecule has 9 heteroatoms. The van der Waals surface area contributed by atoms with Gasteiger partial charge in [-0.3, -0.25) is 18.6 Å². The highest BCUT2D eigenvalue weighted by Crippen LogP contribution is 2.43. The van der Waals surface area contributed by atoms with Crippen LogP contribution in [-0.2, 0) is 32.7 Å². The van der Waals surface area contributed by atoms with Gasteiger partial charge in [0.05, 0.1) is 13.2 Å². The maximum Gasteiger partial charge on any atom is 0.472 e. The van der Waals surface area contributed by atoms with Gasteiger partial charge in [0.1, 0.15) is 6.61 Å². The number of rotatable bonds is 45. The molecule has 0 aromatic carbocycles. The van der Waals surface area contributed by atoms with Gasteiger partial charge in [-0.15, -0.1) is 0 Å².